The highest BCUT2D eigenvalue weighted by Crippen LogP contribution is 2.15. The van der Waals surface area contributed by atoms with Gasteiger partial charge in [0.05, 0.1) is 6.61 Å². The third-order valence-corrected chi connectivity index (χ3v) is 4.55. The van der Waals surface area contributed by atoms with E-state index in [0.29, 0.717) is 18.0 Å². The Morgan fingerprint density at radius 1 is 1.27 bits per heavy atom. The van der Waals surface area contributed by atoms with Gasteiger partial charge in [-0.1, -0.05) is 0 Å². The van der Waals surface area contributed by atoms with E-state index in [4.69, 9.17) is 4.74 Å². The van der Waals surface area contributed by atoms with Crippen molar-refractivity contribution in [3.05, 3.63) is 35.6 Å². The van der Waals surface area contributed by atoms with Gasteiger partial charge in [0.15, 0.2) is 0 Å². The molecule has 0 unspecified atom stereocenters. The first-order valence-electron chi connectivity index (χ1n) is 9.10. The average molecular weight is 365 g/mol. The van der Waals surface area contributed by atoms with E-state index in [1.807, 2.05) is 0 Å². The topological polar surface area (TPSA) is 70.7 Å². The Bertz CT molecular complexity index is 580. The number of piperidine rings is 1. The second kappa shape index (κ2) is 10.9. The van der Waals surface area contributed by atoms with Crippen LogP contribution in [0.4, 0.5) is 4.39 Å². The summed E-state index contributed by atoms with van der Waals surface area (Å²) in [5.41, 5.74) is 0.380. The second-order valence-electron chi connectivity index (χ2n) is 6.62. The van der Waals surface area contributed by atoms with Crippen molar-refractivity contribution in [3.63, 3.8) is 0 Å². The smallest absolute Gasteiger partial charge is 0.251 e. The molecule has 0 aliphatic carbocycles. The van der Waals surface area contributed by atoms with E-state index >= 15 is 0 Å². The van der Waals surface area contributed by atoms with Gasteiger partial charge >= 0.3 is 0 Å². The fraction of sp³-hybridized carbons (Fsp3) is 0.579. The van der Waals surface area contributed by atoms with E-state index in [9.17, 15) is 14.0 Å². The summed E-state index contributed by atoms with van der Waals surface area (Å²) in [7, 11) is 1.70. The van der Waals surface area contributed by atoms with E-state index in [2.05, 4.69) is 15.5 Å². The molecule has 144 valence electrons. The van der Waals surface area contributed by atoms with Gasteiger partial charge in [-0.25, -0.2) is 4.39 Å². The van der Waals surface area contributed by atoms with Gasteiger partial charge in [0.1, 0.15) is 5.82 Å². The van der Waals surface area contributed by atoms with E-state index in [1.54, 1.807) is 7.11 Å². The average Bonchev–Trinajstić information content (AvgIpc) is 2.65. The summed E-state index contributed by atoms with van der Waals surface area (Å²) in [6.07, 6.45) is 2.48. The predicted molar refractivity (Wildman–Crippen MR) is 97.4 cm³/mol. The number of carbonyl (C=O) groups is 2. The Hall–Kier alpha value is -1.99. The van der Waals surface area contributed by atoms with Crippen LogP contribution < -0.4 is 10.6 Å². The SMILES string of the molecule is COCCN1CCC[C@H](CNC(=O)CCNC(=O)c2ccc(F)cc2)C1. The van der Waals surface area contributed by atoms with Gasteiger partial charge in [0.2, 0.25) is 5.91 Å². The van der Waals surface area contributed by atoms with E-state index in [-0.39, 0.29) is 30.6 Å². The highest BCUT2D eigenvalue weighted by molar-refractivity contribution is 5.94. The lowest BCUT2D eigenvalue weighted by Gasteiger charge is -2.32. The largest absolute Gasteiger partial charge is 0.383 e. The highest BCUT2D eigenvalue weighted by Gasteiger charge is 2.20. The molecule has 1 heterocycles. The van der Waals surface area contributed by atoms with Crippen molar-refractivity contribution in [2.45, 2.75) is 19.3 Å². The summed E-state index contributed by atoms with van der Waals surface area (Å²) in [5.74, 6) is -0.305. The van der Waals surface area contributed by atoms with Crippen molar-refractivity contribution in [1.82, 2.24) is 15.5 Å². The molecule has 1 saturated heterocycles. The molecule has 0 bridgehead atoms. The van der Waals surface area contributed by atoms with Crippen LogP contribution in [0.3, 0.4) is 0 Å². The molecule has 6 nitrogen and oxygen atoms in total. The molecule has 26 heavy (non-hydrogen) atoms. The van der Waals surface area contributed by atoms with Crippen molar-refractivity contribution < 1.29 is 18.7 Å². The minimum Gasteiger partial charge on any atom is -0.383 e. The van der Waals surface area contributed by atoms with Crippen LogP contribution in [-0.2, 0) is 9.53 Å². The maximum absolute atomic E-state index is 12.8. The monoisotopic (exact) mass is 365 g/mol. The summed E-state index contributed by atoms with van der Waals surface area (Å²) in [5, 5.41) is 5.63. The van der Waals surface area contributed by atoms with Crippen LogP contribution in [0.1, 0.15) is 29.6 Å². The number of nitrogens with zero attached hydrogens (tertiary/aromatic N) is 1. The normalized spacial score (nSPS) is 17.7. The number of likely N-dealkylation sites (tertiary alicyclic amines) is 1. The van der Waals surface area contributed by atoms with Crippen molar-refractivity contribution in [3.8, 4) is 0 Å². The summed E-state index contributed by atoms with van der Waals surface area (Å²) >= 11 is 0. The minimum atomic E-state index is -0.385. The van der Waals surface area contributed by atoms with Crippen LogP contribution in [0, 0.1) is 11.7 Å². The quantitative estimate of drug-likeness (QED) is 0.694. The molecule has 2 rings (SSSR count). The minimum absolute atomic E-state index is 0.0709. The van der Waals surface area contributed by atoms with Gasteiger partial charge in [0.25, 0.3) is 5.91 Å². The maximum Gasteiger partial charge on any atom is 0.251 e. The van der Waals surface area contributed by atoms with Gasteiger partial charge in [-0.05, 0) is 49.6 Å². The fourth-order valence-electron chi connectivity index (χ4n) is 3.08. The van der Waals surface area contributed by atoms with Crippen LogP contribution >= 0.6 is 0 Å². The summed E-state index contributed by atoms with van der Waals surface area (Å²) < 4.78 is 18.0. The lowest BCUT2D eigenvalue weighted by Crippen LogP contribution is -2.42. The number of amides is 2. The van der Waals surface area contributed by atoms with Gasteiger partial charge in [0, 0.05) is 45.3 Å². The Balaban J connectivity index is 1.61. The van der Waals surface area contributed by atoms with Crippen LogP contribution in [-0.4, -0.2) is 63.2 Å². The van der Waals surface area contributed by atoms with E-state index in [0.717, 1.165) is 39.1 Å². The molecule has 1 aromatic carbocycles. The second-order valence-corrected chi connectivity index (χ2v) is 6.62. The molecule has 2 amide bonds. The zero-order valence-corrected chi connectivity index (χ0v) is 15.3. The number of nitrogens with one attached hydrogen (secondary N) is 2. The summed E-state index contributed by atoms with van der Waals surface area (Å²) in [4.78, 5) is 26.2. The molecular weight excluding hydrogens is 337 g/mol. The fourth-order valence-corrected chi connectivity index (χ4v) is 3.08. The number of hydrogen-bond acceptors (Lipinski definition) is 4. The molecule has 1 aliphatic heterocycles. The first-order valence-corrected chi connectivity index (χ1v) is 9.10. The molecule has 0 radical (unpaired) electrons. The number of ether oxygens (including phenoxy) is 1. The zero-order chi connectivity index (χ0) is 18.8. The van der Waals surface area contributed by atoms with Gasteiger partial charge in [-0.3, -0.25) is 9.59 Å². The molecule has 2 N–H and O–H groups in total. The summed E-state index contributed by atoms with van der Waals surface area (Å²) in [6.45, 7) is 4.64. The lowest BCUT2D eigenvalue weighted by molar-refractivity contribution is -0.121. The van der Waals surface area contributed by atoms with Crippen molar-refractivity contribution >= 4 is 11.8 Å². The predicted octanol–water partition coefficient (Wildman–Crippen LogP) is 1.42. The van der Waals surface area contributed by atoms with Crippen LogP contribution in [0.2, 0.25) is 0 Å². The molecule has 0 saturated carbocycles. The molecule has 1 atom stereocenters. The number of rotatable bonds is 9. The van der Waals surface area contributed by atoms with Crippen LogP contribution in [0.25, 0.3) is 0 Å². The van der Waals surface area contributed by atoms with Gasteiger partial charge < -0.3 is 20.3 Å². The van der Waals surface area contributed by atoms with Crippen molar-refractivity contribution in [2.24, 2.45) is 5.92 Å². The molecule has 0 aromatic heterocycles. The highest BCUT2D eigenvalue weighted by atomic mass is 19.1. The number of methoxy groups -OCH3 is 1. The van der Waals surface area contributed by atoms with Crippen molar-refractivity contribution in [1.29, 1.82) is 0 Å². The Labute approximate surface area is 154 Å². The van der Waals surface area contributed by atoms with Gasteiger partial charge in [-0.15, -0.1) is 0 Å². The zero-order valence-electron chi connectivity index (χ0n) is 15.3. The third kappa shape index (κ3) is 7.09. The van der Waals surface area contributed by atoms with Crippen LogP contribution in [0.5, 0.6) is 0 Å². The number of benzene rings is 1. The molecule has 7 heteroatoms. The number of hydrogen-bond donors (Lipinski definition) is 2. The maximum atomic E-state index is 12.8. The standard InChI is InChI=1S/C19H28FN3O3/c1-26-12-11-23-10-2-3-15(14-23)13-22-18(24)8-9-21-19(25)16-4-6-17(20)7-5-16/h4-7,15H,2-3,8-14H2,1H3,(H,21,25)(H,22,24)/t15-/m1/s1. The number of carbonyl (C=O) groups excluding carboxylic acids is 2. The third-order valence-electron chi connectivity index (χ3n) is 4.55. The number of halogens is 1. The van der Waals surface area contributed by atoms with E-state index < -0.39 is 0 Å². The van der Waals surface area contributed by atoms with E-state index in [1.165, 1.54) is 24.3 Å². The molecule has 1 aliphatic rings. The van der Waals surface area contributed by atoms with Crippen molar-refractivity contribution in [2.75, 3.05) is 46.4 Å². The Morgan fingerprint density at radius 2 is 2.04 bits per heavy atom. The molecular formula is C19H28FN3O3. The Morgan fingerprint density at radius 3 is 2.77 bits per heavy atom. The molecule has 1 fully saturated rings. The lowest BCUT2D eigenvalue weighted by atomic mass is 9.98. The summed E-state index contributed by atoms with van der Waals surface area (Å²) in [6, 6.07) is 5.32. The molecule has 0 spiro atoms. The van der Waals surface area contributed by atoms with Gasteiger partial charge in [-0.2, -0.15) is 0 Å². The molecule has 1 aromatic rings. The first-order chi connectivity index (χ1) is 12.6. The Kier molecular flexibility index (Phi) is 8.50. The van der Waals surface area contributed by atoms with Crippen LogP contribution in [0.15, 0.2) is 24.3 Å². The first kappa shape index (κ1) is 20.3.